The van der Waals surface area contributed by atoms with E-state index in [-0.39, 0.29) is 5.56 Å². The van der Waals surface area contributed by atoms with Crippen LogP contribution in [0.2, 0.25) is 0 Å². The van der Waals surface area contributed by atoms with Gasteiger partial charge in [-0.05, 0) is 66.0 Å². The first-order chi connectivity index (χ1) is 21.7. The molecule has 1 N–H and O–H groups in total. The summed E-state index contributed by atoms with van der Waals surface area (Å²) in [6, 6.07) is 10.3. The Labute approximate surface area is 268 Å². The minimum atomic E-state index is -4.51. The van der Waals surface area contributed by atoms with Crippen LogP contribution < -0.4 is 9.47 Å². The highest BCUT2D eigenvalue weighted by atomic mass is 19.4. The van der Waals surface area contributed by atoms with Crippen LogP contribution in [0.15, 0.2) is 54.6 Å². The van der Waals surface area contributed by atoms with E-state index in [1.165, 1.54) is 95.3 Å². The van der Waals surface area contributed by atoms with Crippen LogP contribution >= 0.6 is 0 Å². The van der Waals surface area contributed by atoms with E-state index in [4.69, 9.17) is 9.47 Å². The highest BCUT2D eigenvalue weighted by Crippen LogP contribution is 2.34. The van der Waals surface area contributed by atoms with E-state index in [1.54, 1.807) is 6.08 Å². The van der Waals surface area contributed by atoms with Gasteiger partial charge in [-0.3, -0.25) is 0 Å². The van der Waals surface area contributed by atoms with Crippen molar-refractivity contribution in [2.45, 2.75) is 123 Å². The molecular weight excluding hydrogens is 577 g/mol. The predicted molar refractivity (Wildman–Crippen MR) is 179 cm³/mol. The molecule has 0 aliphatic carbocycles. The van der Waals surface area contributed by atoms with Gasteiger partial charge in [-0.25, -0.2) is 4.79 Å². The molecule has 0 saturated carbocycles. The number of ether oxygens (including phenoxy) is 2. The van der Waals surface area contributed by atoms with Gasteiger partial charge in [0.2, 0.25) is 0 Å². The van der Waals surface area contributed by atoms with Gasteiger partial charge in [0.15, 0.2) is 11.5 Å². The second-order valence-electron chi connectivity index (χ2n) is 11.7. The first-order valence-corrected chi connectivity index (χ1v) is 16.9. The Bertz CT molecular complexity index is 1170. The van der Waals surface area contributed by atoms with E-state index in [0.717, 1.165) is 43.9 Å². The molecule has 0 heterocycles. The van der Waals surface area contributed by atoms with Crippen LogP contribution in [-0.2, 0) is 11.0 Å². The van der Waals surface area contributed by atoms with E-state index in [9.17, 15) is 23.1 Å². The summed E-state index contributed by atoms with van der Waals surface area (Å²) in [6.07, 6.45) is 18.5. The van der Waals surface area contributed by atoms with Gasteiger partial charge in [-0.15, -0.1) is 0 Å². The van der Waals surface area contributed by atoms with Crippen LogP contribution in [-0.4, -0.2) is 24.3 Å². The van der Waals surface area contributed by atoms with Crippen molar-refractivity contribution >= 4 is 17.6 Å². The van der Waals surface area contributed by atoms with E-state index in [0.29, 0.717) is 35.8 Å². The van der Waals surface area contributed by atoms with Crippen molar-refractivity contribution in [1.82, 2.24) is 0 Å². The predicted octanol–water partition coefficient (Wildman–Crippen LogP) is 11.9. The first kappa shape index (κ1) is 38.0. The Hall–Kier alpha value is -3.22. The lowest BCUT2D eigenvalue weighted by Crippen LogP contribution is -2.05. The number of aliphatic carboxylic acids is 1. The zero-order chi connectivity index (χ0) is 32.8. The molecule has 0 bridgehead atoms. The number of hydrogen-bond acceptors (Lipinski definition) is 3. The van der Waals surface area contributed by atoms with E-state index in [2.05, 4.69) is 13.8 Å². The number of carboxylic acids is 1. The molecule has 0 fully saturated rings. The van der Waals surface area contributed by atoms with Gasteiger partial charge in [0.1, 0.15) is 0 Å². The third kappa shape index (κ3) is 16.6. The molecule has 0 aliphatic heterocycles. The molecule has 4 nitrogen and oxygen atoms in total. The van der Waals surface area contributed by atoms with Gasteiger partial charge in [-0.1, -0.05) is 122 Å². The normalized spacial score (nSPS) is 12.2. The summed E-state index contributed by atoms with van der Waals surface area (Å²) >= 11 is 0. The largest absolute Gasteiger partial charge is 0.490 e. The molecule has 0 aromatic heterocycles. The number of unbranched alkanes of at least 4 members (excludes halogenated alkanes) is 14. The number of allylic oxidation sites excluding steroid dienone is 2. The molecule has 2 aromatic rings. The van der Waals surface area contributed by atoms with Crippen molar-refractivity contribution in [2.24, 2.45) is 0 Å². The molecule has 0 radical (unpaired) electrons. The highest BCUT2D eigenvalue weighted by molar-refractivity contribution is 5.92. The molecule has 0 aliphatic rings. The summed E-state index contributed by atoms with van der Waals surface area (Å²) in [5, 5.41) is 9.21. The van der Waals surface area contributed by atoms with Crippen LogP contribution in [0, 0.1) is 0 Å². The zero-order valence-electron chi connectivity index (χ0n) is 27.3. The lowest BCUT2D eigenvalue weighted by Gasteiger charge is -2.14. The molecular formula is C38H53F3O4. The van der Waals surface area contributed by atoms with Crippen LogP contribution in [0.4, 0.5) is 13.2 Å². The summed E-state index contributed by atoms with van der Waals surface area (Å²) in [5.41, 5.74) is 0.473. The Morgan fingerprint density at radius 2 is 1.22 bits per heavy atom. The summed E-state index contributed by atoms with van der Waals surface area (Å²) in [4.78, 5) is 11.3. The second-order valence-corrected chi connectivity index (χ2v) is 11.7. The zero-order valence-corrected chi connectivity index (χ0v) is 27.3. The van der Waals surface area contributed by atoms with Gasteiger partial charge >= 0.3 is 12.1 Å². The van der Waals surface area contributed by atoms with E-state index >= 15 is 0 Å². The van der Waals surface area contributed by atoms with E-state index < -0.39 is 17.7 Å². The van der Waals surface area contributed by atoms with Gasteiger partial charge in [0, 0.05) is 6.08 Å². The quantitative estimate of drug-likeness (QED) is 0.0543. The summed E-state index contributed by atoms with van der Waals surface area (Å²) in [6.45, 7) is 5.55. The molecule has 0 saturated heterocycles. The highest BCUT2D eigenvalue weighted by Gasteiger charge is 2.30. The van der Waals surface area contributed by atoms with Gasteiger partial charge < -0.3 is 14.6 Å². The average molecular weight is 631 g/mol. The SMILES string of the molecule is CCCCCCCCCCOc1ccc(C=C(C=CC(=O)O)c2cccc(C(F)(F)F)c2)cc1OCCCCCCCCCC. The molecule has 2 rings (SSSR count). The minimum Gasteiger partial charge on any atom is -0.490 e. The summed E-state index contributed by atoms with van der Waals surface area (Å²) < 4.78 is 52.5. The molecule has 2 aromatic carbocycles. The minimum absolute atomic E-state index is 0.263. The standard InChI is InChI=1S/C38H53F3O4/c1-3-5-7-9-11-13-15-17-26-44-35-24-22-31(29-36(35)45-27-18-16-14-12-10-8-6-4-2)28-33(23-25-37(42)43)32-20-19-21-34(30-32)38(39,40)41/h19-25,28-30H,3-18,26-27H2,1-2H3,(H,42,43). The smallest absolute Gasteiger partial charge is 0.416 e. The number of rotatable bonds is 24. The maximum Gasteiger partial charge on any atom is 0.416 e. The van der Waals surface area contributed by atoms with Crippen LogP contribution in [0.1, 0.15) is 133 Å². The Kier molecular flexibility index (Phi) is 18.8. The molecule has 0 amide bonds. The molecule has 7 heteroatoms. The summed E-state index contributed by atoms with van der Waals surface area (Å²) in [7, 11) is 0. The van der Waals surface area contributed by atoms with Crippen molar-refractivity contribution in [3.05, 3.63) is 71.3 Å². The molecule has 0 spiro atoms. The number of alkyl halides is 3. The maximum atomic E-state index is 13.4. The molecule has 45 heavy (non-hydrogen) atoms. The lowest BCUT2D eigenvalue weighted by atomic mass is 9.99. The molecule has 0 atom stereocenters. The summed E-state index contributed by atoms with van der Waals surface area (Å²) in [5.74, 6) is 0.0280. The first-order valence-electron chi connectivity index (χ1n) is 16.9. The number of carboxylic acid groups (broad SMARTS) is 1. The third-order valence-electron chi connectivity index (χ3n) is 7.73. The van der Waals surface area contributed by atoms with Gasteiger partial charge in [-0.2, -0.15) is 13.2 Å². The van der Waals surface area contributed by atoms with Crippen LogP contribution in [0.25, 0.3) is 11.6 Å². The Morgan fingerprint density at radius 3 is 1.76 bits per heavy atom. The average Bonchev–Trinajstić information content (AvgIpc) is 3.01. The van der Waals surface area contributed by atoms with Crippen molar-refractivity contribution in [1.29, 1.82) is 0 Å². The van der Waals surface area contributed by atoms with E-state index in [1.807, 2.05) is 18.2 Å². The fourth-order valence-corrected chi connectivity index (χ4v) is 5.13. The number of benzene rings is 2. The fraction of sp³-hybridized carbons (Fsp3) is 0.553. The molecule has 0 unspecified atom stereocenters. The van der Waals surface area contributed by atoms with Crippen LogP contribution in [0.5, 0.6) is 11.5 Å². The Balaban J connectivity index is 2.16. The van der Waals surface area contributed by atoms with Crippen LogP contribution in [0.3, 0.4) is 0 Å². The van der Waals surface area contributed by atoms with Crippen molar-refractivity contribution < 1.29 is 32.5 Å². The lowest BCUT2D eigenvalue weighted by molar-refractivity contribution is -0.137. The number of carbonyl (C=O) groups is 1. The number of halogens is 3. The Morgan fingerprint density at radius 1 is 0.689 bits per heavy atom. The van der Waals surface area contributed by atoms with Gasteiger partial charge in [0.05, 0.1) is 18.8 Å². The monoisotopic (exact) mass is 630 g/mol. The van der Waals surface area contributed by atoms with Gasteiger partial charge in [0.25, 0.3) is 0 Å². The van der Waals surface area contributed by atoms with Crippen molar-refractivity contribution in [2.75, 3.05) is 13.2 Å². The van der Waals surface area contributed by atoms with Crippen molar-refractivity contribution in [3.8, 4) is 11.5 Å². The second kappa shape index (κ2) is 22.3. The topological polar surface area (TPSA) is 55.8 Å². The third-order valence-corrected chi connectivity index (χ3v) is 7.73. The van der Waals surface area contributed by atoms with Crippen molar-refractivity contribution in [3.63, 3.8) is 0 Å². The maximum absolute atomic E-state index is 13.4. The molecule has 250 valence electrons. The fourth-order valence-electron chi connectivity index (χ4n) is 5.13. The number of hydrogen-bond donors (Lipinski definition) is 1.